The van der Waals surface area contributed by atoms with E-state index in [1.165, 1.54) is 56.2 Å². The number of anilines is 1. The molecule has 3 rings (SSSR count). The van der Waals surface area contributed by atoms with Gasteiger partial charge in [-0.15, -0.1) is 0 Å². The molecule has 0 aliphatic heterocycles. The summed E-state index contributed by atoms with van der Waals surface area (Å²) in [6, 6.07) is 17.6. The van der Waals surface area contributed by atoms with Gasteiger partial charge in [0.15, 0.2) is 11.5 Å². The van der Waals surface area contributed by atoms with E-state index < -0.39 is 28.3 Å². The topological polar surface area (TPSA) is 84.9 Å². The second kappa shape index (κ2) is 11.7. The maximum atomic E-state index is 14.6. The monoisotopic (exact) mass is 500 g/mol. The molecule has 3 aromatic carbocycles. The highest BCUT2D eigenvalue weighted by molar-refractivity contribution is 7.92. The molecule has 0 radical (unpaired) electrons. The van der Waals surface area contributed by atoms with Gasteiger partial charge in [-0.2, -0.15) is 0 Å². The molecule has 35 heavy (non-hydrogen) atoms. The van der Waals surface area contributed by atoms with E-state index in [2.05, 4.69) is 5.32 Å². The van der Waals surface area contributed by atoms with E-state index in [1.807, 2.05) is 31.2 Å². The molecule has 0 aliphatic rings. The van der Waals surface area contributed by atoms with Gasteiger partial charge in [0, 0.05) is 12.6 Å². The van der Waals surface area contributed by atoms with Crippen molar-refractivity contribution >= 4 is 21.6 Å². The minimum absolute atomic E-state index is 0.162. The number of aryl methyl sites for hydroxylation is 2. The van der Waals surface area contributed by atoms with Crippen LogP contribution in [0.3, 0.4) is 0 Å². The number of sulfonamides is 1. The normalized spacial score (nSPS) is 11.1. The van der Waals surface area contributed by atoms with Crippen LogP contribution in [0.2, 0.25) is 0 Å². The molecule has 0 aliphatic carbocycles. The van der Waals surface area contributed by atoms with Crippen molar-refractivity contribution in [2.45, 2.75) is 24.7 Å². The standard InChI is InChI=1S/C26H29FN2O5S/c1-19-10-12-20(13-11-19)7-6-16-28-26(30)18-29(23-9-5-4-8-22(23)27)35(31,32)21-14-15-24(33-2)25(17-21)34-3/h4-5,8-15,17H,6-7,16,18H2,1-3H3,(H,28,30). The summed E-state index contributed by atoms with van der Waals surface area (Å²) in [5.74, 6) is -0.761. The number of para-hydroxylation sites is 1. The molecule has 0 saturated heterocycles. The van der Waals surface area contributed by atoms with Crippen LogP contribution in [-0.2, 0) is 21.2 Å². The smallest absolute Gasteiger partial charge is 0.265 e. The molecule has 186 valence electrons. The Bertz CT molecular complexity index is 1260. The van der Waals surface area contributed by atoms with Crippen molar-refractivity contribution in [1.29, 1.82) is 0 Å². The summed E-state index contributed by atoms with van der Waals surface area (Å²) in [4.78, 5) is 12.5. The molecule has 0 fully saturated rings. The number of rotatable bonds is 11. The van der Waals surface area contributed by atoms with Gasteiger partial charge in [-0.1, -0.05) is 42.0 Å². The SMILES string of the molecule is COc1ccc(S(=O)(=O)N(CC(=O)NCCCc2ccc(C)cc2)c2ccccc2F)cc1OC. The number of methoxy groups -OCH3 is 2. The predicted molar refractivity (Wildman–Crippen MR) is 133 cm³/mol. The third-order valence-electron chi connectivity index (χ3n) is 5.44. The van der Waals surface area contributed by atoms with E-state index >= 15 is 0 Å². The van der Waals surface area contributed by atoms with E-state index in [0.29, 0.717) is 18.7 Å². The molecular weight excluding hydrogens is 471 g/mol. The number of hydrogen-bond donors (Lipinski definition) is 1. The van der Waals surface area contributed by atoms with Gasteiger partial charge in [0.25, 0.3) is 10.0 Å². The number of ether oxygens (including phenoxy) is 2. The predicted octanol–water partition coefficient (Wildman–Crippen LogP) is 4.10. The van der Waals surface area contributed by atoms with Crippen LogP contribution < -0.4 is 19.1 Å². The third-order valence-corrected chi connectivity index (χ3v) is 7.19. The Morgan fingerprint density at radius 3 is 2.31 bits per heavy atom. The van der Waals surface area contributed by atoms with Gasteiger partial charge in [-0.25, -0.2) is 12.8 Å². The molecule has 0 bridgehead atoms. The summed E-state index contributed by atoms with van der Waals surface area (Å²) in [5.41, 5.74) is 2.09. The van der Waals surface area contributed by atoms with Crippen LogP contribution in [0, 0.1) is 12.7 Å². The zero-order chi connectivity index (χ0) is 25.4. The Morgan fingerprint density at radius 2 is 1.66 bits per heavy atom. The molecule has 0 atom stereocenters. The van der Waals surface area contributed by atoms with Crippen molar-refractivity contribution in [3.63, 3.8) is 0 Å². The number of nitrogens with zero attached hydrogens (tertiary/aromatic N) is 1. The van der Waals surface area contributed by atoms with Gasteiger partial charge < -0.3 is 14.8 Å². The lowest BCUT2D eigenvalue weighted by Crippen LogP contribution is -2.41. The Labute approximate surface area is 205 Å². The number of benzene rings is 3. The van der Waals surface area contributed by atoms with Crippen molar-refractivity contribution in [3.05, 3.63) is 83.7 Å². The first kappa shape index (κ1) is 26.0. The van der Waals surface area contributed by atoms with Gasteiger partial charge in [0.05, 0.1) is 24.8 Å². The Balaban J connectivity index is 1.78. The summed E-state index contributed by atoms with van der Waals surface area (Å²) in [6.45, 7) is 1.79. The van der Waals surface area contributed by atoms with Crippen LogP contribution in [0.15, 0.2) is 71.6 Å². The number of halogens is 1. The number of nitrogens with one attached hydrogen (secondary N) is 1. The van der Waals surface area contributed by atoms with E-state index in [0.717, 1.165) is 22.4 Å². The number of carbonyl (C=O) groups is 1. The summed E-state index contributed by atoms with van der Waals surface area (Å²) in [5, 5.41) is 2.74. The highest BCUT2D eigenvalue weighted by Crippen LogP contribution is 2.32. The first-order valence-electron chi connectivity index (χ1n) is 11.1. The highest BCUT2D eigenvalue weighted by atomic mass is 32.2. The van der Waals surface area contributed by atoms with Gasteiger partial charge in [0.2, 0.25) is 5.91 Å². The van der Waals surface area contributed by atoms with Crippen molar-refractivity contribution < 1.29 is 27.1 Å². The lowest BCUT2D eigenvalue weighted by atomic mass is 10.1. The van der Waals surface area contributed by atoms with Gasteiger partial charge in [-0.3, -0.25) is 9.10 Å². The Kier molecular flexibility index (Phi) is 8.70. The van der Waals surface area contributed by atoms with Crippen molar-refractivity contribution in [2.75, 3.05) is 31.6 Å². The summed E-state index contributed by atoms with van der Waals surface area (Å²) in [6.07, 6.45) is 1.44. The Morgan fingerprint density at radius 1 is 0.971 bits per heavy atom. The molecule has 1 N–H and O–H groups in total. The molecule has 7 nitrogen and oxygen atoms in total. The molecule has 0 unspecified atom stereocenters. The molecule has 0 spiro atoms. The first-order valence-corrected chi connectivity index (χ1v) is 12.5. The van der Waals surface area contributed by atoms with Crippen molar-refractivity contribution in [2.24, 2.45) is 0 Å². The van der Waals surface area contributed by atoms with E-state index in [1.54, 1.807) is 0 Å². The largest absolute Gasteiger partial charge is 0.493 e. The summed E-state index contributed by atoms with van der Waals surface area (Å²) in [7, 11) is -1.50. The third kappa shape index (κ3) is 6.51. The van der Waals surface area contributed by atoms with Crippen LogP contribution in [0.1, 0.15) is 17.5 Å². The second-order valence-electron chi connectivity index (χ2n) is 7.92. The fourth-order valence-corrected chi connectivity index (χ4v) is 4.96. The zero-order valence-corrected chi connectivity index (χ0v) is 20.8. The number of hydrogen-bond acceptors (Lipinski definition) is 5. The molecular formula is C26H29FN2O5S. The van der Waals surface area contributed by atoms with Crippen LogP contribution in [-0.4, -0.2) is 41.6 Å². The van der Waals surface area contributed by atoms with E-state index in [4.69, 9.17) is 9.47 Å². The minimum atomic E-state index is -4.31. The first-order chi connectivity index (χ1) is 16.8. The molecule has 0 heterocycles. The maximum absolute atomic E-state index is 14.6. The zero-order valence-electron chi connectivity index (χ0n) is 20.0. The van der Waals surface area contributed by atoms with Gasteiger partial charge >= 0.3 is 0 Å². The van der Waals surface area contributed by atoms with Gasteiger partial charge in [0.1, 0.15) is 12.4 Å². The van der Waals surface area contributed by atoms with Gasteiger partial charge in [-0.05, 0) is 49.6 Å². The quantitative estimate of drug-likeness (QED) is 0.401. The molecule has 1 amide bonds. The van der Waals surface area contributed by atoms with Crippen LogP contribution in [0.5, 0.6) is 11.5 Å². The van der Waals surface area contributed by atoms with Crippen LogP contribution in [0.25, 0.3) is 0 Å². The molecule has 3 aromatic rings. The van der Waals surface area contributed by atoms with Crippen molar-refractivity contribution in [3.8, 4) is 11.5 Å². The maximum Gasteiger partial charge on any atom is 0.265 e. The average molecular weight is 501 g/mol. The van der Waals surface area contributed by atoms with Crippen LogP contribution >= 0.6 is 0 Å². The average Bonchev–Trinajstić information content (AvgIpc) is 2.86. The van der Waals surface area contributed by atoms with E-state index in [9.17, 15) is 17.6 Å². The lowest BCUT2D eigenvalue weighted by molar-refractivity contribution is -0.119. The fourth-order valence-electron chi connectivity index (χ4n) is 3.52. The second-order valence-corrected chi connectivity index (χ2v) is 9.78. The highest BCUT2D eigenvalue weighted by Gasteiger charge is 2.30. The number of carbonyl (C=O) groups excluding carboxylic acids is 1. The number of amides is 1. The van der Waals surface area contributed by atoms with E-state index in [-0.39, 0.29) is 16.3 Å². The summed E-state index contributed by atoms with van der Waals surface area (Å²) >= 11 is 0. The lowest BCUT2D eigenvalue weighted by Gasteiger charge is -2.25. The molecule has 0 saturated carbocycles. The minimum Gasteiger partial charge on any atom is -0.493 e. The summed E-state index contributed by atoms with van der Waals surface area (Å²) < 4.78 is 52.8. The fraction of sp³-hybridized carbons (Fsp3) is 0.269. The van der Waals surface area contributed by atoms with Crippen LogP contribution in [0.4, 0.5) is 10.1 Å². The molecule has 0 aromatic heterocycles. The van der Waals surface area contributed by atoms with Crippen molar-refractivity contribution in [1.82, 2.24) is 5.32 Å². The Hall–Kier alpha value is -3.59. The molecule has 9 heteroatoms.